The molecule has 1 saturated heterocycles. The number of methoxy groups -OCH3 is 1. The van der Waals surface area contributed by atoms with E-state index in [9.17, 15) is 4.79 Å². The van der Waals surface area contributed by atoms with Crippen LogP contribution in [0.3, 0.4) is 0 Å². The molecule has 2 rings (SSSR count). The molecule has 1 aliphatic rings. The Morgan fingerprint density at radius 3 is 2.72 bits per heavy atom. The van der Waals surface area contributed by atoms with E-state index in [0.29, 0.717) is 6.42 Å². The zero-order valence-electron chi connectivity index (χ0n) is 10.7. The van der Waals surface area contributed by atoms with Crippen molar-refractivity contribution in [2.45, 2.75) is 25.7 Å². The number of carboxylic acids is 1. The highest BCUT2D eigenvalue weighted by Gasteiger charge is 2.16. The van der Waals surface area contributed by atoms with Gasteiger partial charge in [0.25, 0.3) is 0 Å². The molecular formula is C14H19NO3. The van der Waals surface area contributed by atoms with Crippen molar-refractivity contribution < 1.29 is 14.6 Å². The molecule has 1 aromatic carbocycles. The highest BCUT2D eigenvalue weighted by molar-refractivity contribution is 5.67. The predicted octanol–water partition coefficient (Wildman–Crippen LogP) is 2.31. The average molecular weight is 249 g/mol. The van der Waals surface area contributed by atoms with Crippen LogP contribution in [0.2, 0.25) is 0 Å². The van der Waals surface area contributed by atoms with Gasteiger partial charge in [0.1, 0.15) is 5.75 Å². The largest absolute Gasteiger partial charge is 0.495 e. The molecule has 1 heterocycles. The summed E-state index contributed by atoms with van der Waals surface area (Å²) in [6.45, 7) is 2.11. The number of carboxylic acid groups (broad SMARTS) is 1. The molecule has 0 aromatic heterocycles. The monoisotopic (exact) mass is 249 g/mol. The van der Waals surface area contributed by atoms with Crippen LogP contribution in [0.25, 0.3) is 0 Å². The molecule has 1 aliphatic heterocycles. The Morgan fingerprint density at radius 1 is 1.39 bits per heavy atom. The van der Waals surface area contributed by atoms with Gasteiger partial charge in [-0.25, -0.2) is 0 Å². The molecule has 0 spiro atoms. The van der Waals surface area contributed by atoms with Crippen LogP contribution in [0.4, 0.5) is 5.69 Å². The molecule has 0 radical (unpaired) electrons. The maximum atomic E-state index is 10.6. The zero-order valence-corrected chi connectivity index (χ0v) is 10.7. The third-order valence-corrected chi connectivity index (χ3v) is 3.32. The summed E-state index contributed by atoms with van der Waals surface area (Å²) in [6, 6.07) is 5.94. The van der Waals surface area contributed by atoms with Crippen molar-refractivity contribution >= 4 is 11.7 Å². The number of aliphatic carboxylic acids is 1. The van der Waals surface area contributed by atoms with Gasteiger partial charge in [0.15, 0.2) is 0 Å². The fourth-order valence-electron chi connectivity index (χ4n) is 2.35. The van der Waals surface area contributed by atoms with Crippen molar-refractivity contribution in [3.05, 3.63) is 23.8 Å². The molecule has 0 bridgehead atoms. The number of hydrogen-bond acceptors (Lipinski definition) is 3. The minimum atomic E-state index is -0.756. The predicted molar refractivity (Wildman–Crippen MR) is 70.4 cm³/mol. The molecule has 0 unspecified atom stereocenters. The van der Waals surface area contributed by atoms with Crippen molar-refractivity contribution in [2.24, 2.45) is 0 Å². The van der Waals surface area contributed by atoms with Crippen molar-refractivity contribution in [2.75, 3.05) is 25.1 Å². The summed E-state index contributed by atoms with van der Waals surface area (Å²) in [5.74, 6) is 0.115. The third kappa shape index (κ3) is 2.94. The van der Waals surface area contributed by atoms with Gasteiger partial charge in [-0.15, -0.1) is 0 Å². The normalized spacial score (nSPS) is 14.8. The fraction of sp³-hybridized carbons (Fsp3) is 0.500. The second-order valence-electron chi connectivity index (χ2n) is 4.59. The van der Waals surface area contributed by atoms with E-state index in [0.717, 1.165) is 30.1 Å². The van der Waals surface area contributed by atoms with Gasteiger partial charge in [-0.1, -0.05) is 6.07 Å². The fourth-order valence-corrected chi connectivity index (χ4v) is 2.35. The number of ether oxygens (including phenoxy) is 1. The second-order valence-corrected chi connectivity index (χ2v) is 4.59. The van der Waals surface area contributed by atoms with Gasteiger partial charge in [0.2, 0.25) is 0 Å². The van der Waals surface area contributed by atoms with E-state index in [1.807, 2.05) is 12.1 Å². The maximum Gasteiger partial charge on any atom is 0.303 e. The van der Waals surface area contributed by atoms with Gasteiger partial charge in [0.05, 0.1) is 12.8 Å². The minimum absolute atomic E-state index is 0.172. The molecule has 98 valence electrons. The van der Waals surface area contributed by atoms with E-state index in [1.165, 1.54) is 12.8 Å². The topological polar surface area (TPSA) is 49.8 Å². The Kier molecular flexibility index (Phi) is 4.07. The van der Waals surface area contributed by atoms with Crippen molar-refractivity contribution in [3.8, 4) is 5.75 Å². The molecule has 1 aromatic rings. The van der Waals surface area contributed by atoms with E-state index in [-0.39, 0.29) is 6.42 Å². The van der Waals surface area contributed by atoms with Crippen molar-refractivity contribution in [1.29, 1.82) is 0 Å². The Morgan fingerprint density at radius 2 is 2.11 bits per heavy atom. The molecule has 0 aliphatic carbocycles. The quantitative estimate of drug-likeness (QED) is 0.870. The van der Waals surface area contributed by atoms with Crippen LogP contribution in [0.15, 0.2) is 18.2 Å². The number of anilines is 1. The first-order chi connectivity index (χ1) is 8.70. The van der Waals surface area contributed by atoms with Crippen LogP contribution in [0.5, 0.6) is 5.75 Å². The SMILES string of the molecule is COc1ccc(CCC(=O)O)cc1N1CCCC1. The van der Waals surface area contributed by atoms with Gasteiger partial charge >= 0.3 is 5.97 Å². The summed E-state index contributed by atoms with van der Waals surface area (Å²) in [4.78, 5) is 12.9. The van der Waals surface area contributed by atoms with Crippen molar-refractivity contribution in [1.82, 2.24) is 0 Å². The van der Waals surface area contributed by atoms with Crippen LogP contribution in [-0.4, -0.2) is 31.3 Å². The van der Waals surface area contributed by atoms with E-state index in [2.05, 4.69) is 11.0 Å². The smallest absolute Gasteiger partial charge is 0.303 e. The summed E-state index contributed by atoms with van der Waals surface area (Å²) >= 11 is 0. The van der Waals surface area contributed by atoms with Gasteiger partial charge in [-0.05, 0) is 37.0 Å². The lowest BCUT2D eigenvalue weighted by molar-refractivity contribution is -0.136. The molecule has 0 atom stereocenters. The first-order valence-corrected chi connectivity index (χ1v) is 6.34. The van der Waals surface area contributed by atoms with Crippen LogP contribution in [-0.2, 0) is 11.2 Å². The summed E-state index contributed by atoms with van der Waals surface area (Å²) in [6.07, 6.45) is 3.16. The number of hydrogen-bond donors (Lipinski definition) is 1. The lowest BCUT2D eigenvalue weighted by atomic mass is 10.1. The summed E-state index contributed by atoms with van der Waals surface area (Å²) in [7, 11) is 1.67. The average Bonchev–Trinajstić information content (AvgIpc) is 2.89. The molecule has 4 nitrogen and oxygen atoms in total. The third-order valence-electron chi connectivity index (χ3n) is 3.32. The highest BCUT2D eigenvalue weighted by Crippen LogP contribution is 2.32. The lowest BCUT2D eigenvalue weighted by Crippen LogP contribution is -2.18. The van der Waals surface area contributed by atoms with Gasteiger partial charge in [-0.3, -0.25) is 4.79 Å². The molecule has 0 saturated carbocycles. The number of benzene rings is 1. The van der Waals surface area contributed by atoms with Crippen LogP contribution in [0, 0.1) is 0 Å². The number of carbonyl (C=O) groups is 1. The Bertz CT molecular complexity index is 425. The summed E-state index contributed by atoms with van der Waals surface area (Å²) in [5.41, 5.74) is 2.15. The Balaban J connectivity index is 2.18. The molecule has 1 fully saturated rings. The molecule has 1 N–H and O–H groups in total. The van der Waals surface area contributed by atoms with Gasteiger partial charge in [0, 0.05) is 19.5 Å². The van der Waals surface area contributed by atoms with Crippen LogP contribution < -0.4 is 9.64 Å². The Labute approximate surface area is 107 Å². The number of aryl methyl sites for hydroxylation is 1. The van der Waals surface area contributed by atoms with Gasteiger partial charge in [-0.2, -0.15) is 0 Å². The number of rotatable bonds is 5. The standard InChI is InChI=1S/C14H19NO3/c1-18-13-6-4-11(5-7-14(16)17)10-12(13)15-8-2-3-9-15/h4,6,10H,2-3,5,7-9H2,1H3,(H,16,17). The second kappa shape index (κ2) is 5.76. The van der Waals surface area contributed by atoms with E-state index in [1.54, 1.807) is 7.11 Å². The highest BCUT2D eigenvalue weighted by atomic mass is 16.5. The minimum Gasteiger partial charge on any atom is -0.495 e. The Hall–Kier alpha value is -1.71. The van der Waals surface area contributed by atoms with E-state index in [4.69, 9.17) is 9.84 Å². The van der Waals surface area contributed by atoms with Crippen LogP contribution in [0.1, 0.15) is 24.8 Å². The van der Waals surface area contributed by atoms with E-state index >= 15 is 0 Å². The van der Waals surface area contributed by atoms with Crippen molar-refractivity contribution in [3.63, 3.8) is 0 Å². The summed E-state index contributed by atoms with van der Waals surface area (Å²) in [5, 5.41) is 8.72. The molecule has 0 amide bonds. The lowest BCUT2D eigenvalue weighted by Gasteiger charge is -2.21. The van der Waals surface area contributed by atoms with Gasteiger partial charge < -0.3 is 14.7 Å². The first kappa shape index (κ1) is 12.7. The molecule has 18 heavy (non-hydrogen) atoms. The molecular weight excluding hydrogens is 230 g/mol. The first-order valence-electron chi connectivity index (χ1n) is 6.34. The maximum absolute atomic E-state index is 10.6. The molecule has 4 heteroatoms. The zero-order chi connectivity index (χ0) is 13.0. The van der Waals surface area contributed by atoms with E-state index < -0.39 is 5.97 Å². The number of nitrogens with zero attached hydrogens (tertiary/aromatic N) is 1. The summed E-state index contributed by atoms with van der Waals surface area (Å²) < 4.78 is 5.38. The van der Waals surface area contributed by atoms with Crippen LogP contribution >= 0.6 is 0 Å².